The van der Waals surface area contributed by atoms with Crippen LogP contribution in [0.5, 0.6) is 0 Å². The molecule has 3 rings (SSSR count). The molecular formula is C13H12Br2O. The summed E-state index contributed by atoms with van der Waals surface area (Å²) < 4.78 is 1.20. The van der Waals surface area contributed by atoms with E-state index in [1.165, 1.54) is 15.6 Å². The number of Topliss-reactive ketones (excluding diaryl/α,β-unsaturated/α-hetero) is 1. The molecule has 1 saturated carbocycles. The van der Waals surface area contributed by atoms with Gasteiger partial charge in [0.25, 0.3) is 0 Å². The third-order valence-electron chi connectivity index (χ3n) is 4.00. The molecule has 0 N–H and O–H groups in total. The first-order chi connectivity index (χ1) is 7.61. The number of hydrogen-bond acceptors (Lipinski definition) is 1. The van der Waals surface area contributed by atoms with Gasteiger partial charge in [-0.15, -0.1) is 0 Å². The summed E-state index contributed by atoms with van der Waals surface area (Å²) >= 11 is 7.35. The van der Waals surface area contributed by atoms with Crippen LogP contribution in [-0.2, 0) is 4.79 Å². The van der Waals surface area contributed by atoms with Crippen molar-refractivity contribution in [2.24, 2.45) is 5.92 Å². The first-order valence-electron chi connectivity index (χ1n) is 5.54. The fourth-order valence-corrected chi connectivity index (χ4v) is 5.29. The molecule has 0 amide bonds. The van der Waals surface area contributed by atoms with Crippen LogP contribution in [0.2, 0.25) is 0 Å². The predicted octanol–water partition coefficient (Wildman–Crippen LogP) is 4.00. The number of halogens is 2. The normalized spacial score (nSPS) is 35.2. The number of benzene rings is 1. The Hall–Kier alpha value is -0.150. The molecule has 2 aliphatic rings. The van der Waals surface area contributed by atoms with Gasteiger partial charge in [-0.05, 0) is 42.4 Å². The van der Waals surface area contributed by atoms with Gasteiger partial charge in [-0.1, -0.05) is 44.0 Å². The van der Waals surface area contributed by atoms with Crippen molar-refractivity contribution in [2.75, 3.05) is 0 Å². The second kappa shape index (κ2) is 3.67. The van der Waals surface area contributed by atoms with Crippen molar-refractivity contribution in [3.05, 3.63) is 33.8 Å². The minimum absolute atomic E-state index is 0.173. The van der Waals surface area contributed by atoms with Crippen LogP contribution in [0.25, 0.3) is 0 Å². The zero-order valence-corrected chi connectivity index (χ0v) is 12.1. The number of carbonyl (C=O) groups is 1. The minimum atomic E-state index is 0.173. The molecule has 3 heteroatoms. The fourth-order valence-electron chi connectivity index (χ4n) is 3.40. The first kappa shape index (κ1) is 11.0. The van der Waals surface area contributed by atoms with Gasteiger partial charge in [0.05, 0.1) is 0 Å². The van der Waals surface area contributed by atoms with E-state index in [-0.39, 0.29) is 5.92 Å². The van der Waals surface area contributed by atoms with Gasteiger partial charge >= 0.3 is 0 Å². The molecule has 1 fully saturated rings. The summed E-state index contributed by atoms with van der Waals surface area (Å²) in [5, 5.41) is 0. The average Bonchev–Trinajstić information content (AvgIpc) is 2.73. The van der Waals surface area contributed by atoms with Crippen LogP contribution >= 0.6 is 31.9 Å². The Kier molecular flexibility index (Phi) is 2.52. The quantitative estimate of drug-likeness (QED) is 0.704. The van der Waals surface area contributed by atoms with Crippen LogP contribution in [0.4, 0.5) is 0 Å². The standard InChI is InChI=1S/C13H12Br2O/c1-6(16)11-8-5-9(13(11)15)12-7(8)3-2-4-10(12)14/h2-4,8-9,11,13H,5H2,1H3. The fraction of sp³-hybridized carbons (Fsp3) is 0.462. The second-order valence-corrected chi connectivity index (χ2v) is 6.68. The maximum Gasteiger partial charge on any atom is 0.134 e. The molecule has 4 unspecified atom stereocenters. The molecule has 84 valence electrons. The number of hydrogen-bond donors (Lipinski definition) is 0. The summed E-state index contributed by atoms with van der Waals surface area (Å²) in [5.74, 6) is 1.43. The van der Waals surface area contributed by atoms with Crippen molar-refractivity contribution < 1.29 is 4.79 Å². The minimum Gasteiger partial charge on any atom is -0.300 e. The van der Waals surface area contributed by atoms with Crippen molar-refractivity contribution >= 4 is 37.6 Å². The lowest BCUT2D eigenvalue weighted by molar-refractivity contribution is -0.120. The summed E-state index contributed by atoms with van der Waals surface area (Å²) in [4.78, 5) is 12.0. The van der Waals surface area contributed by atoms with Crippen LogP contribution in [0.3, 0.4) is 0 Å². The monoisotopic (exact) mass is 342 g/mol. The number of carbonyl (C=O) groups excluding carboxylic acids is 1. The van der Waals surface area contributed by atoms with Crippen molar-refractivity contribution in [3.63, 3.8) is 0 Å². The Morgan fingerprint density at radius 2 is 2.12 bits per heavy atom. The van der Waals surface area contributed by atoms with E-state index in [1.54, 1.807) is 6.92 Å². The van der Waals surface area contributed by atoms with Gasteiger partial charge in [0.15, 0.2) is 0 Å². The highest BCUT2D eigenvalue weighted by molar-refractivity contribution is 9.10. The molecule has 0 radical (unpaired) electrons. The van der Waals surface area contributed by atoms with E-state index < -0.39 is 0 Å². The molecule has 16 heavy (non-hydrogen) atoms. The van der Waals surface area contributed by atoms with E-state index in [1.807, 2.05) is 0 Å². The van der Waals surface area contributed by atoms with Crippen LogP contribution in [0, 0.1) is 5.92 Å². The average molecular weight is 344 g/mol. The number of ketones is 1. The van der Waals surface area contributed by atoms with E-state index in [9.17, 15) is 4.79 Å². The highest BCUT2D eigenvalue weighted by atomic mass is 79.9. The van der Waals surface area contributed by atoms with Crippen LogP contribution in [0.1, 0.15) is 36.3 Å². The summed E-state index contributed by atoms with van der Waals surface area (Å²) in [6, 6.07) is 6.35. The molecule has 0 saturated heterocycles. The molecule has 1 aromatic carbocycles. The van der Waals surface area contributed by atoms with Gasteiger partial charge < -0.3 is 0 Å². The molecule has 4 atom stereocenters. The van der Waals surface area contributed by atoms with E-state index >= 15 is 0 Å². The summed E-state index contributed by atoms with van der Waals surface area (Å²) in [6.45, 7) is 1.72. The topological polar surface area (TPSA) is 17.1 Å². The van der Waals surface area contributed by atoms with Crippen LogP contribution in [0.15, 0.2) is 22.7 Å². The van der Waals surface area contributed by atoms with Gasteiger partial charge in [-0.25, -0.2) is 0 Å². The Labute approximate surface area is 112 Å². The third-order valence-corrected chi connectivity index (χ3v) is 5.89. The van der Waals surface area contributed by atoms with E-state index in [0.717, 1.165) is 6.42 Å². The van der Waals surface area contributed by atoms with E-state index in [4.69, 9.17) is 0 Å². The predicted molar refractivity (Wildman–Crippen MR) is 71.1 cm³/mol. The van der Waals surface area contributed by atoms with Gasteiger partial charge in [-0.3, -0.25) is 4.79 Å². The molecule has 2 aliphatic carbocycles. The van der Waals surface area contributed by atoms with E-state index in [2.05, 4.69) is 50.1 Å². The van der Waals surface area contributed by atoms with Crippen LogP contribution in [-0.4, -0.2) is 10.6 Å². The zero-order chi connectivity index (χ0) is 11.4. The zero-order valence-electron chi connectivity index (χ0n) is 8.91. The molecule has 1 aromatic rings. The van der Waals surface area contributed by atoms with Gasteiger partial charge in [0.1, 0.15) is 5.78 Å². The second-order valence-electron chi connectivity index (χ2n) is 4.77. The Bertz CT molecular complexity index is 469. The molecule has 0 aliphatic heterocycles. The molecule has 1 nitrogen and oxygen atoms in total. The third kappa shape index (κ3) is 1.31. The Morgan fingerprint density at radius 1 is 1.38 bits per heavy atom. The Balaban J connectivity index is 2.14. The lowest BCUT2D eigenvalue weighted by Gasteiger charge is -2.27. The van der Waals surface area contributed by atoms with Crippen molar-refractivity contribution in [3.8, 4) is 0 Å². The molecular weight excluding hydrogens is 332 g/mol. The largest absolute Gasteiger partial charge is 0.300 e. The summed E-state index contributed by atoms with van der Waals surface area (Å²) in [6.07, 6.45) is 1.12. The SMILES string of the molecule is CC(=O)C1C2CC(c3c(Br)cccc32)C1Br. The molecule has 0 heterocycles. The van der Waals surface area contributed by atoms with Crippen LogP contribution < -0.4 is 0 Å². The summed E-state index contributed by atoms with van der Waals surface area (Å²) in [5.41, 5.74) is 2.81. The molecule has 2 bridgehead atoms. The maximum absolute atomic E-state index is 11.7. The lowest BCUT2D eigenvalue weighted by atomic mass is 9.81. The highest BCUT2D eigenvalue weighted by Gasteiger charge is 2.52. The summed E-state index contributed by atoms with van der Waals surface area (Å²) in [7, 11) is 0. The van der Waals surface area contributed by atoms with Gasteiger partial charge in [0.2, 0.25) is 0 Å². The Morgan fingerprint density at radius 3 is 2.81 bits per heavy atom. The van der Waals surface area contributed by atoms with Gasteiger partial charge in [0, 0.05) is 15.2 Å². The van der Waals surface area contributed by atoms with E-state index in [0.29, 0.717) is 22.4 Å². The molecule has 0 spiro atoms. The van der Waals surface area contributed by atoms with Crippen molar-refractivity contribution in [1.29, 1.82) is 0 Å². The number of rotatable bonds is 1. The number of fused-ring (bicyclic) bond motifs is 5. The number of alkyl halides is 1. The highest BCUT2D eigenvalue weighted by Crippen LogP contribution is 2.60. The smallest absolute Gasteiger partial charge is 0.134 e. The molecule has 0 aromatic heterocycles. The lowest BCUT2D eigenvalue weighted by Crippen LogP contribution is -2.27. The van der Waals surface area contributed by atoms with Gasteiger partial charge in [-0.2, -0.15) is 0 Å². The maximum atomic E-state index is 11.7. The first-order valence-corrected chi connectivity index (χ1v) is 7.25. The van der Waals surface area contributed by atoms with Crippen molar-refractivity contribution in [2.45, 2.75) is 30.0 Å². The van der Waals surface area contributed by atoms with Crippen molar-refractivity contribution in [1.82, 2.24) is 0 Å².